The monoisotopic (exact) mass is 308 g/mol. The smallest absolute Gasteiger partial charge is 0.139 e. The second-order valence-electron chi connectivity index (χ2n) is 4.24. The Hall–Kier alpha value is -1.71. The van der Waals surface area contributed by atoms with Gasteiger partial charge in [0, 0.05) is 5.02 Å². The summed E-state index contributed by atoms with van der Waals surface area (Å²) in [6.07, 6.45) is 0.811. The Morgan fingerprint density at radius 2 is 1.95 bits per heavy atom. The lowest BCUT2D eigenvalue weighted by molar-refractivity contribution is 0.481. The summed E-state index contributed by atoms with van der Waals surface area (Å²) in [5, 5.41) is 8.68. The van der Waals surface area contributed by atoms with Crippen molar-refractivity contribution in [1.29, 1.82) is 5.41 Å². The van der Waals surface area contributed by atoms with Crippen LogP contribution in [0.15, 0.2) is 36.4 Å². The molecule has 0 spiro atoms. The highest BCUT2D eigenvalue weighted by Gasteiger charge is 2.12. The van der Waals surface area contributed by atoms with E-state index in [4.69, 9.17) is 39.1 Å². The SMILES string of the molecule is CCc1cc(Oc2cccc(Cl)c2C(=N)N)ccc1Cl. The molecule has 0 aliphatic carbocycles. The minimum atomic E-state index is -0.129. The van der Waals surface area contributed by atoms with Gasteiger partial charge in [-0.15, -0.1) is 0 Å². The second kappa shape index (κ2) is 6.16. The van der Waals surface area contributed by atoms with E-state index in [1.165, 1.54) is 0 Å². The van der Waals surface area contributed by atoms with Crippen LogP contribution in [-0.4, -0.2) is 5.84 Å². The molecule has 0 amide bonds. The van der Waals surface area contributed by atoms with E-state index in [9.17, 15) is 0 Å². The summed E-state index contributed by atoms with van der Waals surface area (Å²) in [5.41, 5.74) is 6.93. The molecule has 0 saturated heterocycles. The van der Waals surface area contributed by atoms with Crippen LogP contribution in [0.4, 0.5) is 0 Å². The van der Waals surface area contributed by atoms with Crippen LogP contribution >= 0.6 is 23.2 Å². The lowest BCUT2D eigenvalue weighted by Gasteiger charge is -2.12. The molecule has 2 rings (SSSR count). The summed E-state index contributed by atoms with van der Waals surface area (Å²) in [4.78, 5) is 0. The van der Waals surface area contributed by atoms with E-state index in [0.717, 1.165) is 12.0 Å². The van der Waals surface area contributed by atoms with E-state index in [1.54, 1.807) is 30.3 Å². The fraction of sp³-hybridized carbons (Fsp3) is 0.133. The molecule has 20 heavy (non-hydrogen) atoms. The number of hydrogen-bond acceptors (Lipinski definition) is 2. The Morgan fingerprint density at radius 3 is 2.60 bits per heavy atom. The molecular formula is C15H14Cl2N2O. The quantitative estimate of drug-likeness (QED) is 0.639. The van der Waals surface area contributed by atoms with Gasteiger partial charge in [-0.25, -0.2) is 0 Å². The minimum absolute atomic E-state index is 0.129. The van der Waals surface area contributed by atoms with Crippen LogP contribution in [0.2, 0.25) is 10.0 Å². The number of nitrogens with one attached hydrogen (secondary N) is 1. The Labute approximate surface area is 127 Å². The molecule has 0 aliphatic heterocycles. The van der Waals surface area contributed by atoms with Gasteiger partial charge in [-0.3, -0.25) is 5.41 Å². The predicted molar refractivity (Wildman–Crippen MR) is 83.4 cm³/mol. The number of halogens is 2. The summed E-state index contributed by atoms with van der Waals surface area (Å²) in [6, 6.07) is 10.6. The molecule has 3 nitrogen and oxygen atoms in total. The highest BCUT2D eigenvalue weighted by molar-refractivity contribution is 6.34. The third-order valence-electron chi connectivity index (χ3n) is 2.87. The molecule has 0 aromatic heterocycles. The van der Waals surface area contributed by atoms with Crippen LogP contribution in [0.25, 0.3) is 0 Å². The molecule has 0 unspecified atom stereocenters. The lowest BCUT2D eigenvalue weighted by Crippen LogP contribution is -2.13. The molecule has 104 valence electrons. The van der Waals surface area contributed by atoms with Crippen molar-refractivity contribution in [2.75, 3.05) is 0 Å². The van der Waals surface area contributed by atoms with Gasteiger partial charge >= 0.3 is 0 Å². The van der Waals surface area contributed by atoms with Crippen LogP contribution < -0.4 is 10.5 Å². The number of nitrogen functional groups attached to an aromatic ring is 1. The fourth-order valence-electron chi connectivity index (χ4n) is 1.86. The zero-order chi connectivity index (χ0) is 14.7. The molecule has 3 N–H and O–H groups in total. The Morgan fingerprint density at radius 1 is 1.20 bits per heavy atom. The number of aryl methyl sites for hydroxylation is 1. The molecule has 0 fully saturated rings. The number of rotatable bonds is 4. The molecule has 0 saturated carbocycles. The maximum Gasteiger partial charge on any atom is 0.139 e. The first-order valence-electron chi connectivity index (χ1n) is 6.12. The minimum Gasteiger partial charge on any atom is -0.457 e. The average Bonchev–Trinajstić information content (AvgIpc) is 2.40. The van der Waals surface area contributed by atoms with Crippen molar-refractivity contribution < 1.29 is 4.74 Å². The van der Waals surface area contributed by atoms with Crippen LogP contribution in [0.3, 0.4) is 0 Å². The summed E-state index contributed by atoms with van der Waals surface area (Å²) in [6.45, 7) is 2.02. The number of amidine groups is 1. The van der Waals surface area contributed by atoms with Gasteiger partial charge < -0.3 is 10.5 Å². The van der Waals surface area contributed by atoms with Crippen molar-refractivity contribution in [2.24, 2.45) is 5.73 Å². The Kier molecular flexibility index (Phi) is 4.53. The maximum absolute atomic E-state index is 7.59. The highest BCUT2D eigenvalue weighted by Crippen LogP contribution is 2.31. The molecule has 0 radical (unpaired) electrons. The van der Waals surface area contributed by atoms with Crippen molar-refractivity contribution in [1.82, 2.24) is 0 Å². The van der Waals surface area contributed by atoms with E-state index in [2.05, 4.69) is 0 Å². The predicted octanol–water partition coefficient (Wildman–Crippen LogP) is 4.63. The van der Waals surface area contributed by atoms with Crippen molar-refractivity contribution in [2.45, 2.75) is 13.3 Å². The second-order valence-corrected chi connectivity index (χ2v) is 5.05. The van der Waals surface area contributed by atoms with Gasteiger partial charge in [0.2, 0.25) is 0 Å². The van der Waals surface area contributed by atoms with Crippen LogP contribution in [0, 0.1) is 5.41 Å². The maximum atomic E-state index is 7.59. The van der Waals surface area contributed by atoms with E-state index < -0.39 is 0 Å². The van der Waals surface area contributed by atoms with E-state index in [-0.39, 0.29) is 5.84 Å². The van der Waals surface area contributed by atoms with Crippen molar-refractivity contribution >= 4 is 29.0 Å². The van der Waals surface area contributed by atoms with Gasteiger partial charge in [-0.05, 0) is 42.3 Å². The molecule has 5 heteroatoms. The van der Waals surface area contributed by atoms with Crippen molar-refractivity contribution in [3.63, 3.8) is 0 Å². The zero-order valence-electron chi connectivity index (χ0n) is 10.9. The average molecular weight is 309 g/mol. The molecule has 2 aromatic rings. The molecular weight excluding hydrogens is 295 g/mol. The summed E-state index contributed by atoms with van der Waals surface area (Å²) in [7, 11) is 0. The van der Waals surface area contributed by atoms with Gasteiger partial charge in [-0.1, -0.05) is 36.2 Å². The third kappa shape index (κ3) is 3.06. The standard InChI is InChI=1S/C15H14Cl2N2O/c1-2-9-8-10(6-7-11(9)16)20-13-5-3-4-12(17)14(13)15(18)19/h3-8H,2H2,1H3,(H3,18,19). The van der Waals surface area contributed by atoms with Crippen LogP contribution in [-0.2, 0) is 6.42 Å². The van der Waals surface area contributed by atoms with Crippen molar-refractivity contribution in [3.05, 3.63) is 57.6 Å². The van der Waals surface area contributed by atoms with Crippen molar-refractivity contribution in [3.8, 4) is 11.5 Å². The summed E-state index contributed by atoms with van der Waals surface area (Å²) >= 11 is 12.1. The first-order chi connectivity index (χ1) is 9.52. The highest BCUT2D eigenvalue weighted by atomic mass is 35.5. The van der Waals surface area contributed by atoms with Crippen LogP contribution in [0.5, 0.6) is 11.5 Å². The number of nitrogens with two attached hydrogens (primary N) is 1. The first-order valence-corrected chi connectivity index (χ1v) is 6.87. The summed E-state index contributed by atoms with van der Waals surface area (Å²) in [5.74, 6) is 0.959. The molecule has 0 heterocycles. The largest absolute Gasteiger partial charge is 0.457 e. The van der Waals surface area contributed by atoms with E-state index in [0.29, 0.717) is 27.1 Å². The third-order valence-corrected chi connectivity index (χ3v) is 3.55. The van der Waals surface area contributed by atoms with Gasteiger partial charge in [0.05, 0.1) is 10.6 Å². The molecule has 0 bridgehead atoms. The summed E-state index contributed by atoms with van der Waals surface area (Å²) < 4.78 is 5.79. The van der Waals surface area contributed by atoms with Gasteiger partial charge in [0.1, 0.15) is 17.3 Å². The molecule has 0 atom stereocenters. The van der Waals surface area contributed by atoms with E-state index in [1.807, 2.05) is 13.0 Å². The van der Waals surface area contributed by atoms with Gasteiger partial charge in [0.25, 0.3) is 0 Å². The molecule has 0 aliphatic rings. The Balaban J connectivity index is 2.40. The van der Waals surface area contributed by atoms with Crippen LogP contribution in [0.1, 0.15) is 18.1 Å². The molecule has 2 aromatic carbocycles. The fourth-order valence-corrected chi connectivity index (χ4v) is 2.38. The zero-order valence-corrected chi connectivity index (χ0v) is 12.4. The topological polar surface area (TPSA) is 59.1 Å². The Bertz CT molecular complexity index is 656. The van der Waals surface area contributed by atoms with Gasteiger partial charge in [-0.2, -0.15) is 0 Å². The number of hydrogen-bond donors (Lipinski definition) is 2. The first kappa shape index (κ1) is 14.7. The number of benzene rings is 2. The van der Waals surface area contributed by atoms with Gasteiger partial charge in [0.15, 0.2) is 0 Å². The van der Waals surface area contributed by atoms with E-state index >= 15 is 0 Å². The normalized spacial score (nSPS) is 10.3. The number of ether oxygens (including phenoxy) is 1. The lowest BCUT2D eigenvalue weighted by atomic mass is 10.1.